The van der Waals surface area contributed by atoms with Crippen molar-refractivity contribution in [2.75, 3.05) is 13.1 Å². The first-order valence-electron chi connectivity index (χ1n) is 6.96. The molecule has 1 saturated heterocycles. The Labute approximate surface area is 133 Å². The molecule has 0 amide bonds. The molecular formula is C17H17BrClN. The zero-order chi connectivity index (χ0) is 13.9. The quantitative estimate of drug-likeness (QED) is 0.807. The second kappa shape index (κ2) is 6.30. The van der Waals surface area contributed by atoms with Crippen LogP contribution in [0.5, 0.6) is 0 Å². The zero-order valence-corrected chi connectivity index (χ0v) is 13.5. The number of halogens is 2. The highest BCUT2D eigenvalue weighted by Gasteiger charge is 2.28. The lowest BCUT2D eigenvalue weighted by molar-refractivity contribution is 0.403. The molecule has 1 fully saturated rings. The van der Waals surface area contributed by atoms with Gasteiger partial charge in [-0.3, -0.25) is 0 Å². The van der Waals surface area contributed by atoms with Crippen LogP contribution < -0.4 is 5.32 Å². The number of nitrogens with one attached hydrogen (secondary N) is 1. The van der Waals surface area contributed by atoms with Gasteiger partial charge in [0.1, 0.15) is 0 Å². The highest BCUT2D eigenvalue weighted by molar-refractivity contribution is 9.10. The molecule has 0 spiro atoms. The summed E-state index contributed by atoms with van der Waals surface area (Å²) < 4.78 is 1.12. The third kappa shape index (κ3) is 2.93. The molecule has 2 aromatic carbocycles. The number of hydrogen-bond acceptors (Lipinski definition) is 1. The molecule has 0 aromatic heterocycles. The zero-order valence-electron chi connectivity index (χ0n) is 11.2. The molecule has 2 aromatic rings. The van der Waals surface area contributed by atoms with E-state index in [9.17, 15) is 0 Å². The minimum Gasteiger partial charge on any atom is -0.316 e. The van der Waals surface area contributed by atoms with E-state index < -0.39 is 0 Å². The predicted molar refractivity (Wildman–Crippen MR) is 88.6 cm³/mol. The molecule has 1 aliphatic heterocycles. The Bertz CT molecular complexity index is 585. The standard InChI is InChI=1S/C17H17BrClN/c18-17-10-13(19)6-7-15(17)14-8-9-20-11-16(14)12-4-2-1-3-5-12/h1-7,10,14,16,20H,8-9,11H2. The van der Waals surface area contributed by atoms with Crippen molar-refractivity contribution in [1.82, 2.24) is 5.32 Å². The van der Waals surface area contributed by atoms with Gasteiger partial charge in [-0.25, -0.2) is 0 Å². The van der Waals surface area contributed by atoms with E-state index in [0.717, 1.165) is 29.0 Å². The Balaban J connectivity index is 1.97. The van der Waals surface area contributed by atoms with E-state index >= 15 is 0 Å². The molecular weight excluding hydrogens is 334 g/mol. The smallest absolute Gasteiger partial charge is 0.0417 e. The molecule has 0 radical (unpaired) electrons. The van der Waals surface area contributed by atoms with E-state index in [2.05, 4.69) is 57.6 Å². The lowest BCUT2D eigenvalue weighted by Crippen LogP contribution is -2.34. The maximum atomic E-state index is 6.07. The lowest BCUT2D eigenvalue weighted by Gasteiger charge is -2.33. The summed E-state index contributed by atoms with van der Waals surface area (Å²) in [4.78, 5) is 0. The molecule has 1 aliphatic rings. The van der Waals surface area contributed by atoms with Gasteiger partial charge < -0.3 is 5.32 Å². The third-order valence-corrected chi connectivity index (χ3v) is 4.99. The molecule has 3 rings (SSSR count). The van der Waals surface area contributed by atoms with Gasteiger partial charge in [-0.05, 0) is 42.1 Å². The SMILES string of the molecule is Clc1ccc(C2CCNCC2c2ccccc2)c(Br)c1. The van der Waals surface area contributed by atoms with Crippen LogP contribution in [-0.2, 0) is 0 Å². The Hall–Kier alpha value is -0.830. The van der Waals surface area contributed by atoms with Crippen molar-refractivity contribution in [3.05, 3.63) is 69.2 Å². The van der Waals surface area contributed by atoms with Gasteiger partial charge in [0.25, 0.3) is 0 Å². The second-order valence-corrected chi connectivity index (χ2v) is 6.57. The summed E-state index contributed by atoms with van der Waals surface area (Å²) in [7, 11) is 0. The Kier molecular flexibility index (Phi) is 4.45. The van der Waals surface area contributed by atoms with Gasteiger partial charge in [0.2, 0.25) is 0 Å². The molecule has 0 aliphatic carbocycles. The molecule has 1 N–H and O–H groups in total. The van der Waals surface area contributed by atoms with Crippen molar-refractivity contribution in [2.45, 2.75) is 18.3 Å². The summed E-state index contributed by atoms with van der Waals surface area (Å²) in [6.45, 7) is 2.10. The van der Waals surface area contributed by atoms with Crippen LogP contribution in [0.25, 0.3) is 0 Å². The van der Waals surface area contributed by atoms with Crippen molar-refractivity contribution in [3.63, 3.8) is 0 Å². The number of benzene rings is 2. The molecule has 3 heteroatoms. The fourth-order valence-corrected chi connectivity index (χ4v) is 4.06. The summed E-state index contributed by atoms with van der Waals surface area (Å²) in [6, 6.07) is 16.9. The van der Waals surface area contributed by atoms with E-state index in [1.807, 2.05) is 12.1 Å². The maximum absolute atomic E-state index is 6.07. The van der Waals surface area contributed by atoms with Crippen molar-refractivity contribution in [1.29, 1.82) is 0 Å². The second-order valence-electron chi connectivity index (χ2n) is 5.28. The van der Waals surface area contributed by atoms with Crippen molar-refractivity contribution >= 4 is 27.5 Å². The first-order chi connectivity index (χ1) is 9.75. The largest absolute Gasteiger partial charge is 0.316 e. The van der Waals surface area contributed by atoms with Crippen LogP contribution in [0.3, 0.4) is 0 Å². The van der Waals surface area contributed by atoms with E-state index in [1.165, 1.54) is 11.1 Å². The molecule has 0 saturated carbocycles. The Morgan fingerprint density at radius 2 is 1.85 bits per heavy atom. The first-order valence-corrected chi connectivity index (χ1v) is 8.13. The molecule has 1 heterocycles. The van der Waals surface area contributed by atoms with Crippen LogP contribution >= 0.6 is 27.5 Å². The summed E-state index contributed by atoms with van der Waals surface area (Å²) in [5.74, 6) is 1.05. The highest BCUT2D eigenvalue weighted by atomic mass is 79.9. The summed E-state index contributed by atoms with van der Waals surface area (Å²) in [5.41, 5.74) is 2.77. The topological polar surface area (TPSA) is 12.0 Å². The molecule has 2 unspecified atom stereocenters. The molecule has 20 heavy (non-hydrogen) atoms. The van der Waals surface area contributed by atoms with Crippen LogP contribution in [0.15, 0.2) is 53.0 Å². The molecule has 0 bridgehead atoms. The molecule has 104 valence electrons. The van der Waals surface area contributed by atoms with Crippen LogP contribution in [0.1, 0.15) is 29.4 Å². The van der Waals surface area contributed by atoms with Crippen LogP contribution in [-0.4, -0.2) is 13.1 Å². The summed E-state index contributed by atoms with van der Waals surface area (Å²) in [5, 5.41) is 4.31. The van der Waals surface area contributed by atoms with Gasteiger partial charge in [-0.1, -0.05) is 63.9 Å². The maximum Gasteiger partial charge on any atom is 0.0417 e. The van der Waals surface area contributed by atoms with Crippen molar-refractivity contribution in [2.24, 2.45) is 0 Å². The number of hydrogen-bond donors (Lipinski definition) is 1. The van der Waals surface area contributed by atoms with Gasteiger partial charge in [0.15, 0.2) is 0 Å². The highest BCUT2D eigenvalue weighted by Crippen LogP contribution is 2.40. The predicted octanol–water partition coefficient (Wildman–Crippen LogP) is 4.96. The summed E-state index contributed by atoms with van der Waals surface area (Å²) >= 11 is 9.74. The van der Waals surface area contributed by atoms with E-state index in [4.69, 9.17) is 11.6 Å². The van der Waals surface area contributed by atoms with Gasteiger partial charge in [-0.2, -0.15) is 0 Å². The number of rotatable bonds is 2. The average molecular weight is 351 g/mol. The van der Waals surface area contributed by atoms with E-state index in [1.54, 1.807) is 0 Å². The van der Waals surface area contributed by atoms with Crippen LogP contribution in [0, 0.1) is 0 Å². The van der Waals surface area contributed by atoms with Gasteiger partial charge in [-0.15, -0.1) is 0 Å². The van der Waals surface area contributed by atoms with Gasteiger partial charge in [0.05, 0.1) is 0 Å². The van der Waals surface area contributed by atoms with E-state index in [-0.39, 0.29) is 0 Å². The van der Waals surface area contributed by atoms with Crippen LogP contribution in [0.4, 0.5) is 0 Å². The fourth-order valence-electron chi connectivity index (χ4n) is 3.08. The monoisotopic (exact) mass is 349 g/mol. The lowest BCUT2D eigenvalue weighted by atomic mass is 9.77. The molecule has 1 nitrogen and oxygen atoms in total. The minimum absolute atomic E-state index is 0.516. The Morgan fingerprint density at radius 1 is 1.05 bits per heavy atom. The van der Waals surface area contributed by atoms with Crippen molar-refractivity contribution in [3.8, 4) is 0 Å². The average Bonchev–Trinajstić information content (AvgIpc) is 2.48. The summed E-state index contributed by atoms with van der Waals surface area (Å²) in [6.07, 6.45) is 1.15. The first kappa shape index (κ1) is 14.1. The van der Waals surface area contributed by atoms with Crippen molar-refractivity contribution < 1.29 is 0 Å². The Morgan fingerprint density at radius 3 is 2.60 bits per heavy atom. The third-order valence-electron chi connectivity index (χ3n) is 4.07. The number of piperidine rings is 1. The fraction of sp³-hybridized carbons (Fsp3) is 0.294. The van der Waals surface area contributed by atoms with Gasteiger partial charge in [0, 0.05) is 22.0 Å². The van der Waals surface area contributed by atoms with Crippen LogP contribution in [0.2, 0.25) is 5.02 Å². The molecule has 2 atom stereocenters. The minimum atomic E-state index is 0.516. The van der Waals surface area contributed by atoms with E-state index in [0.29, 0.717) is 11.8 Å². The van der Waals surface area contributed by atoms with Gasteiger partial charge >= 0.3 is 0 Å². The normalized spacial score (nSPS) is 22.7.